The van der Waals surface area contributed by atoms with Gasteiger partial charge in [0.2, 0.25) is 0 Å². The molecule has 0 unspecified atom stereocenters. The number of thioether (sulfide) groups is 1. The molecule has 0 saturated heterocycles. The summed E-state index contributed by atoms with van der Waals surface area (Å²) in [5.74, 6) is 0.345. The largest absolute Gasteiger partial charge is 0.322 e. The molecule has 0 spiro atoms. The van der Waals surface area contributed by atoms with Gasteiger partial charge in [0.05, 0.1) is 11.4 Å². The fourth-order valence-electron chi connectivity index (χ4n) is 2.98. The van der Waals surface area contributed by atoms with Crippen molar-refractivity contribution in [3.63, 3.8) is 0 Å². The lowest BCUT2D eigenvalue weighted by Gasteiger charge is -2.09. The van der Waals surface area contributed by atoms with Gasteiger partial charge in [-0.25, -0.2) is 9.67 Å². The van der Waals surface area contributed by atoms with Crippen LogP contribution in [0.2, 0.25) is 0 Å². The summed E-state index contributed by atoms with van der Waals surface area (Å²) in [5, 5.41) is 7.90. The molecule has 0 bridgehead atoms. The Morgan fingerprint density at radius 3 is 2.88 bits per heavy atom. The van der Waals surface area contributed by atoms with E-state index in [1.165, 1.54) is 18.0 Å². The Balaban J connectivity index is 1.62. The van der Waals surface area contributed by atoms with E-state index >= 15 is 0 Å². The third-order valence-electron chi connectivity index (χ3n) is 4.16. The molecule has 4 rings (SSSR count). The number of carbonyl (C=O) groups excluding carboxylic acids is 1. The van der Waals surface area contributed by atoms with Gasteiger partial charge >= 0.3 is 0 Å². The van der Waals surface area contributed by atoms with Crippen molar-refractivity contribution >= 4 is 23.4 Å². The van der Waals surface area contributed by atoms with Crippen molar-refractivity contribution in [2.24, 2.45) is 0 Å². The van der Waals surface area contributed by atoms with Gasteiger partial charge in [0.1, 0.15) is 5.56 Å². The zero-order valence-electron chi connectivity index (χ0n) is 14.4. The number of aryl methyl sites for hydroxylation is 2. The van der Waals surface area contributed by atoms with Gasteiger partial charge in [0.25, 0.3) is 11.5 Å². The molecule has 1 N–H and O–H groups in total. The zero-order valence-corrected chi connectivity index (χ0v) is 15.2. The lowest BCUT2D eigenvalue weighted by atomic mass is 10.2. The molecule has 2 aromatic heterocycles. The molecule has 1 aliphatic heterocycles. The summed E-state index contributed by atoms with van der Waals surface area (Å²) >= 11 is 1.52. The van der Waals surface area contributed by atoms with Gasteiger partial charge in [-0.15, -0.1) is 0 Å². The molecule has 3 aromatic rings. The summed E-state index contributed by atoms with van der Waals surface area (Å²) in [4.78, 5) is 29.2. The van der Waals surface area contributed by atoms with Crippen LogP contribution in [0, 0.1) is 13.8 Å². The van der Waals surface area contributed by atoms with Crippen LogP contribution in [0.25, 0.3) is 5.69 Å². The molecule has 26 heavy (non-hydrogen) atoms. The molecule has 132 valence electrons. The minimum atomic E-state index is -0.458. The maximum absolute atomic E-state index is 12.6. The van der Waals surface area contributed by atoms with Crippen molar-refractivity contribution in [3.05, 3.63) is 63.8 Å². The van der Waals surface area contributed by atoms with E-state index < -0.39 is 5.91 Å². The minimum absolute atomic E-state index is 0.0489. The number of aromatic nitrogens is 4. The number of rotatable bonds is 3. The monoisotopic (exact) mass is 367 g/mol. The second kappa shape index (κ2) is 6.45. The first kappa shape index (κ1) is 16.6. The van der Waals surface area contributed by atoms with Gasteiger partial charge < -0.3 is 5.32 Å². The number of nitrogens with zero attached hydrogens (tertiary/aromatic N) is 4. The van der Waals surface area contributed by atoms with Crippen molar-refractivity contribution in [2.45, 2.75) is 25.5 Å². The molecular weight excluding hydrogens is 350 g/mol. The average Bonchev–Trinajstić information content (AvgIpc) is 3.22. The second-order valence-corrected chi connectivity index (χ2v) is 7.17. The Bertz CT molecular complexity index is 1070. The summed E-state index contributed by atoms with van der Waals surface area (Å²) in [6, 6.07) is 9.34. The van der Waals surface area contributed by atoms with Crippen molar-refractivity contribution in [3.8, 4) is 5.69 Å². The molecule has 7 nitrogen and oxygen atoms in total. The summed E-state index contributed by atoms with van der Waals surface area (Å²) in [5.41, 5.74) is 3.12. The normalized spacial score (nSPS) is 12.8. The quantitative estimate of drug-likeness (QED) is 0.719. The summed E-state index contributed by atoms with van der Waals surface area (Å²) < 4.78 is 3.36. The van der Waals surface area contributed by atoms with E-state index in [-0.39, 0.29) is 11.1 Å². The maximum atomic E-state index is 12.6. The Hall–Kier alpha value is -2.87. The highest BCUT2D eigenvalue weighted by Crippen LogP contribution is 2.21. The van der Waals surface area contributed by atoms with E-state index in [1.54, 1.807) is 10.6 Å². The second-order valence-electron chi connectivity index (χ2n) is 6.10. The van der Waals surface area contributed by atoms with E-state index in [4.69, 9.17) is 0 Å². The average molecular weight is 367 g/mol. The fourth-order valence-corrected chi connectivity index (χ4v) is 3.89. The van der Waals surface area contributed by atoms with Crippen molar-refractivity contribution in [1.29, 1.82) is 0 Å². The van der Waals surface area contributed by atoms with Gasteiger partial charge in [-0.3, -0.25) is 14.2 Å². The third kappa shape index (κ3) is 2.92. The van der Waals surface area contributed by atoms with Crippen LogP contribution in [-0.2, 0) is 6.54 Å². The molecule has 0 aliphatic carbocycles. The van der Waals surface area contributed by atoms with Gasteiger partial charge in [0.15, 0.2) is 5.16 Å². The van der Waals surface area contributed by atoms with Crippen LogP contribution < -0.4 is 10.9 Å². The highest BCUT2D eigenvalue weighted by atomic mass is 32.2. The summed E-state index contributed by atoms with van der Waals surface area (Å²) in [7, 11) is 0. The van der Waals surface area contributed by atoms with E-state index in [2.05, 4.69) is 15.4 Å². The molecule has 1 aliphatic rings. The van der Waals surface area contributed by atoms with Crippen LogP contribution in [0.4, 0.5) is 5.69 Å². The molecule has 1 aromatic carbocycles. The van der Waals surface area contributed by atoms with Gasteiger partial charge in [-0.1, -0.05) is 17.8 Å². The number of amides is 1. The highest BCUT2D eigenvalue weighted by molar-refractivity contribution is 7.99. The van der Waals surface area contributed by atoms with Gasteiger partial charge in [-0.05, 0) is 38.1 Å². The maximum Gasteiger partial charge on any atom is 0.267 e. The lowest BCUT2D eigenvalue weighted by molar-refractivity contribution is 0.102. The molecule has 3 heterocycles. The van der Waals surface area contributed by atoms with Crippen LogP contribution in [0.1, 0.15) is 21.7 Å². The van der Waals surface area contributed by atoms with Crippen LogP contribution >= 0.6 is 11.8 Å². The third-order valence-corrected chi connectivity index (χ3v) is 5.13. The summed E-state index contributed by atoms with van der Waals surface area (Å²) in [6.45, 7) is 4.49. The molecule has 0 radical (unpaired) electrons. The Morgan fingerprint density at radius 2 is 2.12 bits per heavy atom. The SMILES string of the molecule is Cc1cc(C)n(-c2cccc(NC(=O)c3cnc4n(c3=O)CCS4)c2)n1. The Kier molecular flexibility index (Phi) is 4.12. The zero-order chi connectivity index (χ0) is 18.3. The Morgan fingerprint density at radius 1 is 1.27 bits per heavy atom. The van der Waals surface area contributed by atoms with E-state index in [9.17, 15) is 9.59 Å². The van der Waals surface area contributed by atoms with Crippen molar-refractivity contribution < 1.29 is 4.79 Å². The van der Waals surface area contributed by atoms with Crippen LogP contribution in [0.3, 0.4) is 0 Å². The molecule has 8 heteroatoms. The molecular formula is C18H17N5O2S. The van der Waals surface area contributed by atoms with Gasteiger partial charge in [-0.2, -0.15) is 5.10 Å². The predicted octanol–water partition coefficient (Wildman–Crippen LogP) is 2.40. The number of carbonyl (C=O) groups is 1. The topological polar surface area (TPSA) is 81.8 Å². The number of benzene rings is 1. The Labute approximate surface area is 154 Å². The van der Waals surface area contributed by atoms with E-state index in [1.807, 2.05) is 42.8 Å². The van der Waals surface area contributed by atoms with Crippen LogP contribution in [-0.4, -0.2) is 31.0 Å². The number of anilines is 1. The molecule has 1 amide bonds. The van der Waals surface area contributed by atoms with E-state index in [0.29, 0.717) is 17.4 Å². The minimum Gasteiger partial charge on any atom is -0.322 e. The number of hydrogen-bond donors (Lipinski definition) is 1. The molecule has 0 saturated carbocycles. The molecule has 0 fully saturated rings. The standard InChI is InChI=1S/C18H17N5O2S/c1-11-8-12(2)23(21-11)14-5-3-4-13(9-14)20-16(24)15-10-19-18-22(17(15)25)6-7-26-18/h3-5,8-10H,6-7H2,1-2H3,(H,20,24). The van der Waals surface area contributed by atoms with Crippen LogP contribution in [0.15, 0.2) is 46.5 Å². The van der Waals surface area contributed by atoms with Crippen molar-refractivity contribution in [2.75, 3.05) is 11.1 Å². The van der Waals surface area contributed by atoms with Gasteiger partial charge in [0, 0.05) is 29.9 Å². The fraction of sp³-hybridized carbons (Fsp3) is 0.222. The highest BCUT2D eigenvalue weighted by Gasteiger charge is 2.20. The van der Waals surface area contributed by atoms with E-state index in [0.717, 1.165) is 22.8 Å². The lowest BCUT2D eigenvalue weighted by Crippen LogP contribution is -2.29. The van der Waals surface area contributed by atoms with Crippen molar-refractivity contribution in [1.82, 2.24) is 19.3 Å². The van der Waals surface area contributed by atoms with Crippen LogP contribution in [0.5, 0.6) is 0 Å². The number of fused-ring (bicyclic) bond motifs is 1. The first-order valence-electron chi connectivity index (χ1n) is 8.20. The number of nitrogens with one attached hydrogen (secondary N) is 1. The first-order valence-corrected chi connectivity index (χ1v) is 9.19. The smallest absolute Gasteiger partial charge is 0.267 e. The number of hydrogen-bond acceptors (Lipinski definition) is 5. The predicted molar refractivity (Wildman–Crippen MR) is 100 cm³/mol. The molecule has 0 atom stereocenters. The summed E-state index contributed by atoms with van der Waals surface area (Å²) in [6.07, 6.45) is 1.35. The first-order chi connectivity index (χ1) is 12.5.